The van der Waals surface area contributed by atoms with Gasteiger partial charge in [-0.25, -0.2) is 0 Å². The van der Waals surface area contributed by atoms with Crippen LogP contribution in [0.25, 0.3) is 5.69 Å². The van der Waals surface area contributed by atoms with E-state index < -0.39 is 0 Å². The van der Waals surface area contributed by atoms with E-state index >= 15 is 0 Å². The van der Waals surface area contributed by atoms with Gasteiger partial charge in [0.05, 0.1) is 5.69 Å². The molecule has 0 aliphatic heterocycles. The van der Waals surface area contributed by atoms with Crippen molar-refractivity contribution in [2.45, 2.75) is 25.7 Å². The van der Waals surface area contributed by atoms with Gasteiger partial charge in [-0.15, -0.1) is 10.2 Å². The predicted octanol–water partition coefficient (Wildman–Crippen LogP) is 3.87. The van der Waals surface area contributed by atoms with Crippen molar-refractivity contribution in [3.63, 3.8) is 0 Å². The Balaban J connectivity index is 2.13. The van der Waals surface area contributed by atoms with E-state index in [1.807, 2.05) is 16.7 Å². The van der Waals surface area contributed by atoms with E-state index in [1.54, 1.807) is 0 Å². The van der Waals surface area contributed by atoms with Crippen LogP contribution in [0.15, 0.2) is 22.7 Å². The highest BCUT2D eigenvalue weighted by molar-refractivity contribution is 9.10. The van der Waals surface area contributed by atoms with E-state index in [0.717, 1.165) is 16.0 Å². The summed E-state index contributed by atoms with van der Waals surface area (Å²) in [5.41, 5.74) is 2.21. The molecule has 1 aromatic heterocycles. The Morgan fingerprint density at radius 3 is 2.76 bits per heavy atom. The van der Waals surface area contributed by atoms with Gasteiger partial charge in [0, 0.05) is 10.4 Å². The molecule has 3 nitrogen and oxygen atoms in total. The number of halogens is 2. The van der Waals surface area contributed by atoms with Crippen molar-refractivity contribution in [2.75, 3.05) is 0 Å². The summed E-state index contributed by atoms with van der Waals surface area (Å²) in [5.74, 6) is 1.51. The largest absolute Gasteiger partial charge is 0.270 e. The molecule has 0 saturated heterocycles. The molecule has 0 spiro atoms. The van der Waals surface area contributed by atoms with Gasteiger partial charge in [0.1, 0.15) is 5.82 Å². The Bertz CT molecular complexity index is 575. The lowest BCUT2D eigenvalue weighted by molar-refractivity contribution is 0.871. The SMILES string of the molecule is Cc1cc(-n2c(Cl)nnc2C2CC2)ccc1Br. The topological polar surface area (TPSA) is 30.7 Å². The van der Waals surface area contributed by atoms with Crippen LogP contribution in [0.4, 0.5) is 0 Å². The van der Waals surface area contributed by atoms with Crippen molar-refractivity contribution >= 4 is 27.5 Å². The third-order valence-corrected chi connectivity index (χ3v) is 4.13. The van der Waals surface area contributed by atoms with Gasteiger partial charge in [-0.05, 0) is 55.1 Å². The van der Waals surface area contributed by atoms with E-state index in [2.05, 4.69) is 39.1 Å². The molecule has 0 unspecified atom stereocenters. The van der Waals surface area contributed by atoms with Gasteiger partial charge in [0.15, 0.2) is 0 Å². The third kappa shape index (κ3) is 2.00. The predicted molar refractivity (Wildman–Crippen MR) is 70.8 cm³/mol. The number of benzene rings is 1. The Morgan fingerprint density at radius 1 is 1.35 bits per heavy atom. The molecule has 1 fully saturated rings. The zero-order valence-electron chi connectivity index (χ0n) is 9.32. The first-order valence-electron chi connectivity index (χ1n) is 5.54. The number of nitrogens with zero attached hydrogens (tertiary/aromatic N) is 3. The first-order valence-corrected chi connectivity index (χ1v) is 6.71. The van der Waals surface area contributed by atoms with Gasteiger partial charge >= 0.3 is 0 Å². The second-order valence-corrected chi connectivity index (χ2v) is 5.56. The number of hydrogen-bond acceptors (Lipinski definition) is 2. The maximum Gasteiger partial charge on any atom is 0.229 e. The van der Waals surface area contributed by atoms with Crippen molar-refractivity contribution in [3.05, 3.63) is 39.3 Å². The minimum atomic E-state index is 0.439. The van der Waals surface area contributed by atoms with E-state index in [4.69, 9.17) is 11.6 Å². The molecule has 1 heterocycles. The van der Waals surface area contributed by atoms with Crippen molar-refractivity contribution in [1.82, 2.24) is 14.8 Å². The molecule has 0 bridgehead atoms. The van der Waals surface area contributed by atoms with Crippen molar-refractivity contribution in [2.24, 2.45) is 0 Å². The Morgan fingerprint density at radius 2 is 2.12 bits per heavy atom. The summed E-state index contributed by atoms with van der Waals surface area (Å²) < 4.78 is 3.04. The maximum atomic E-state index is 6.12. The van der Waals surface area contributed by atoms with Crippen molar-refractivity contribution in [1.29, 1.82) is 0 Å². The summed E-state index contributed by atoms with van der Waals surface area (Å²) >= 11 is 9.62. The van der Waals surface area contributed by atoms with Gasteiger partial charge in [-0.2, -0.15) is 0 Å². The van der Waals surface area contributed by atoms with E-state index in [-0.39, 0.29) is 0 Å². The van der Waals surface area contributed by atoms with E-state index in [0.29, 0.717) is 11.2 Å². The fourth-order valence-corrected chi connectivity index (χ4v) is 2.36. The van der Waals surface area contributed by atoms with Crippen LogP contribution in [0.5, 0.6) is 0 Å². The molecular formula is C12H11BrClN3. The summed E-state index contributed by atoms with van der Waals surface area (Å²) in [6.07, 6.45) is 2.37. The summed E-state index contributed by atoms with van der Waals surface area (Å²) in [6, 6.07) is 6.14. The standard InChI is InChI=1S/C12H11BrClN3/c1-7-6-9(4-5-10(7)13)17-11(8-2-3-8)15-16-12(17)14/h4-6,8H,2-3H2,1H3. The van der Waals surface area contributed by atoms with Crippen LogP contribution in [-0.4, -0.2) is 14.8 Å². The first-order chi connectivity index (χ1) is 8.16. The summed E-state index contributed by atoms with van der Waals surface area (Å²) in [7, 11) is 0. The molecule has 1 saturated carbocycles. The van der Waals surface area contributed by atoms with Crippen LogP contribution >= 0.6 is 27.5 Å². The number of aromatic nitrogens is 3. The third-order valence-electron chi connectivity index (χ3n) is 2.99. The molecule has 1 aliphatic rings. The molecule has 0 radical (unpaired) electrons. The van der Waals surface area contributed by atoms with Gasteiger partial charge < -0.3 is 0 Å². The molecule has 17 heavy (non-hydrogen) atoms. The van der Waals surface area contributed by atoms with Gasteiger partial charge in [-0.1, -0.05) is 15.9 Å². The smallest absolute Gasteiger partial charge is 0.229 e. The first kappa shape index (κ1) is 11.2. The maximum absolute atomic E-state index is 6.12. The second kappa shape index (κ2) is 4.10. The van der Waals surface area contributed by atoms with Crippen LogP contribution in [0.2, 0.25) is 5.28 Å². The molecule has 0 amide bonds. The fraction of sp³-hybridized carbons (Fsp3) is 0.333. The summed E-state index contributed by atoms with van der Waals surface area (Å²) in [4.78, 5) is 0. The van der Waals surface area contributed by atoms with E-state index in [1.165, 1.54) is 18.4 Å². The Labute approximate surface area is 113 Å². The number of aryl methyl sites for hydroxylation is 1. The quantitative estimate of drug-likeness (QED) is 0.843. The zero-order chi connectivity index (χ0) is 12.0. The highest BCUT2D eigenvalue weighted by Crippen LogP contribution is 2.40. The second-order valence-electron chi connectivity index (χ2n) is 4.37. The molecule has 0 N–H and O–H groups in total. The lowest BCUT2D eigenvalue weighted by atomic mass is 10.2. The minimum Gasteiger partial charge on any atom is -0.270 e. The monoisotopic (exact) mass is 311 g/mol. The minimum absolute atomic E-state index is 0.439. The van der Waals surface area contributed by atoms with Crippen molar-refractivity contribution in [3.8, 4) is 5.69 Å². The molecule has 5 heteroatoms. The highest BCUT2D eigenvalue weighted by Gasteiger charge is 2.30. The molecule has 3 rings (SSSR count). The molecule has 1 aromatic carbocycles. The molecule has 0 atom stereocenters. The van der Waals surface area contributed by atoms with Crippen LogP contribution in [-0.2, 0) is 0 Å². The van der Waals surface area contributed by atoms with Crippen LogP contribution in [0, 0.1) is 6.92 Å². The summed E-state index contributed by atoms with van der Waals surface area (Å²) in [6.45, 7) is 2.06. The van der Waals surface area contributed by atoms with Crippen LogP contribution < -0.4 is 0 Å². The highest BCUT2D eigenvalue weighted by atomic mass is 79.9. The lowest BCUT2D eigenvalue weighted by Gasteiger charge is -2.08. The molecular weight excluding hydrogens is 302 g/mol. The number of rotatable bonds is 2. The van der Waals surface area contributed by atoms with Crippen LogP contribution in [0.1, 0.15) is 30.1 Å². The van der Waals surface area contributed by atoms with Gasteiger partial charge in [0.25, 0.3) is 0 Å². The lowest BCUT2D eigenvalue weighted by Crippen LogP contribution is -2.00. The number of hydrogen-bond donors (Lipinski definition) is 0. The molecule has 2 aromatic rings. The van der Waals surface area contributed by atoms with Crippen molar-refractivity contribution < 1.29 is 0 Å². The van der Waals surface area contributed by atoms with Gasteiger partial charge in [-0.3, -0.25) is 4.57 Å². The van der Waals surface area contributed by atoms with E-state index in [9.17, 15) is 0 Å². The normalized spacial score (nSPS) is 15.2. The average Bonchev–Trinajstić information content (AvgIpc) is 3.07. The zero-order valence-corrected chi connectivity index (χ0v) is 11.7. The molecule has 1 aliphatic carbocycles. The Hall–Kier alpha value is -0.870. The Kier molecular flexibility index (Phi) is 2.71. The van der Waals surface area contributed by atoms with Crippen LogP contribution in [0.3, 0.4) is 0 Å². The molecule has 88 valence electrons. The average molecular weight is 313 g/mol. The summed E-state index contributed by atoms with van der Waals surface area (Å²) in [5, 5.41) is 8.59. The van der Waals surface area contributed by atoms with Gasteiger partial charge in [0.2, 0.25) is 5.28 Å². The fourth-order valence-electron chi connectivity index (χ4n) is 1.89.